The van der Waals surface area contributed by atoms with E-state index in [4.69, 9.17) is 4.74 Å². The fourth-order valence-corrected chi connectivity index (χ4v) is 3.35. The molecule has 1 aromatic heterocycles. The summed E-state index contributed by atoms with van der Waals surface area (Å²) in [4.78, 5) is 29.9. The average molecular weight is 363 g/mol. The van der Waals surface area contributed by atoms with E-state index in [1.807, 2.05) is 23.1 Å². The first kappa shape index (κ1) is 17.1. The third kappa shape index (κ3) is 3.51. The van der Waals surface area contributed by atoms with Gasteiger partial charge in [-0.05, 0) is 55.3 Å². The first-order valence-electron chi connectivity index (χ1n) is 9.01. The molecule has 6 nitrogen and oxygen atoms in total. The molecule has 0 radical (unpaired) electrons. The lowest BCUT2D eigenvalue weighted by Crippen LogP contribution is -2.27. The maximum atomic E-state index is 12.5. The van der Waals surface area contributed by atoms with Crippen molar-refractivity contribution >= 4 is 28.4 Å². The zero-order chi connectivity index (χ0) is 18.8. The molecule has 6 heteroatoms. The summed E-state index contributed by atoms with van der Waals surface area (Å²) in [5.41, 5.74) is 2.60. The van der Waals surface area contributed by atoms with E-state index in [9.17, 15) is 9.59 Å². The fraction of sp³-hybridized carbons (Fsp3) is 0.238. The number of carbonyl (C=O) groups excluding carboxylic acids is 2. The van der Waals surface area contributed by atoms with Gasteiger partial charge >= 0.3 is 0 Å². The molecule has 1 aliphatic rings. The van der Waals surface area contributed by atoms with Crippen molar-refractivity contribution in [2.24, 2.45) is 0 Å². The topological polar surface area (TPSA) is 74.4 Å². The van der Waals surface area contributed by atoms with Gasteiger partial charge in [-0.1, -0.05) is 0 Å². The van der Waals surface area contributed by atoms with E-state index in [0.717, 1.165) is 42.6 Å². The molecule has 0 saturated carbocycles. The van der Waals surface area contributed by atoms with Crippen LogP contribution in [0.2, 0.25) is 0 Å². The maximum Gasteiger partial charge on any atom is 0.272 e. The van der Waals surface area contributed by atoms with Crippen LogP contribution in [0.5, 0.6) is 5.75 Å². The number of nitrogens with zero attached hydrogens (tertiary/aromatic N) is 1. The number of fused-ring (bicyclic) bond motifs is 1. The van der Waals surface area contributed by atoms with Crippen LogP contribution in [-0.4, -0.2) is 41.9 Å². The van der Waals surface area contributed by atoms with E-state index in [1.54, 1.807) is 37.4 Å². The van der Waals surface area contributed by atoms with Gasteiger partial charge in [-0.25, -0.2) is 0 Å². The molecule has 0 atom stereocenters. The molecule has 0 aliphatic carbocycles. The SMILES string of the molecule is COc1ccc2cc(C(=O)Nc3ccc(C(=O)N4CCCC4)cc3)[nH]c2c1. The summed E-state index contributed by atoms with van der Waals surface area (Å²) < 4.78 is 5.20. The van der Waals surface area contributed by atoms with E-state index in [0.29, 0.717) is 16.9 Å². The van der Waals surface area contributed by atoms with Crippen molar-refractivity contribution in [1.29, 1.82) is 0 Å². The van der Waals surface area contributed by atoms with Crippen molar-refractivity contribution in [2.75, 3.05) is 25.5 Å². The summed E-state index contributed by atoms with van der Waals surface area (Å²) in [5.74, 6) is 0.549. The Hall–Kier alpha value is -3.28. The Labute approximate surface area is 157 Å². The number of likely N-dealkylation sites (tertiary alicyclic amines) is 1. The third-order valence-corrected chi connectivity index (χ3v) is 4.86. The number of benzene rings is 2. The summed E-state index contributed by atoms with van der Waals surface area (Å²) in [6, 6.07) is 14.4. The Morgan fingerprint density at radius 2 is 1.78 bits per heavy atom. The highest BCUT2D eigenvalue weighted by Crippen LogP contribution is 2.22. The smallest absolute Gasteiger partial charge is 0.272 e. The molecule has 2 N–H and O–H groups in total. The van der Waals surface area contributed by atoms with Gasteiger partial charge in [-0.2, -0.15) is 0 Å². The summed E-state index contributed by atoms with van der Waals surface area (Å²) in [6.07, 6.45) is 2.13. The highest BCUT2D eigenvalue weighted by molar-refractivity contribution is 6.06. The van der Waals surface area contributed by atoms with Gasteiger partial charge in [0.15, 0.2) is 0 Å². The second-order valence-corrected chi connectivity index (χ2v) is 6.67. The molecule has 2 amide bonds. The number of ether oxygens (including phenoxy) is 1. The number of aromatic nitrogens is 1. The molecule has 2 aromatic carbocycles. The zero-order valence-electron chi connectivity index (χ0n) is 15.1. The zero-order valence-corrected chi connectivity index (χ0v) is 15.1. The predicted octanol–water partition coefficient (Wildman–Crippen LogP) is 3.66. The quantitative estimate of drug-likeness (QED) is 0.743. The van der Waals surface area contributed by atoms with Crippen LogP contribution in [0, 0.1) is 0 Å². The molecule has 0 bridgehead atoms. The van der Waals surface area contributed by atoms with Gasteiger partial charge in [0.2, 0.25) is 0 Å². The van der Waals surface area contributed by atoms with Crippen LogP contribution in [0.15, 0.2) is 48.5 Å². The van der Waals surface area contributed by atoms with Gasteiger partial charge in [-0.3, -0.25) is 9.59 Å². The van der Waals surface area contributed by atoms with Crippen LogP contribution < -0.4 is 10.1 Å². The lowest BCUT2D eigenvalue weighted by Gasteiger charge is -2.15. The minimum absolute atomic E-state index is 0.0509. The van der Waals surface area contributed by atoms with Crippen LogP contribution in [0.3, 0.4) is 0 Å². The average Bonchev–Trinajstić information content (AvgIpc) is 3.37. The van der Waals surface area contributed by atoms with Crippen molar-refractivity contribution in [1.82, 2.24) is 9.88 Å². The molecule has 27 heavy (non-hydrogen) atoms. The predicted molar refractivity (Wildman–Crippen MR) is 104 cm³/mol. The Balaban J connectivity index is 1.47. The van der Waals surface area contributed by atoms with Crippen molar-refractivity contribution in [3.63, 3.8) is 0 Å². The number of amides is 2. The van der Waals surface area contributed by atoms with Crippen LogP contribution in [0.25, 0.3) is 10.9 Å². The van der Waals surface area contributed by atoms with Crippen LogP contribution in [0.1, 0.15) is 33.7 Å². The summed E-state index contributed by atoms with van der Waals surface area (Å²) in [7, 11) is 1.61. The number of rotatable bonds is 4. The number of carbonyl (C=O) groups is 2. The van der Waals surface area contributed by atoms with Crippen LogP contribution >= 0.6 is 0 Å². The van der Waals surface area contributed by atoms with Crippen molar-refractivity contribution < 1.29 is 14.3 Å². The number of anilines is 1. The molecule has 1 aliphatic heterocycles. The normalized spacial score (nSPS) is 13.7. The van der Waals surface area contributed by atoms with E-state index in [2.05, 4.69) is 10.3 Å². The number of aromatic amines is 1. The van der Waals surface area contributed by atoms with Crippen LogP contribution in [-0.2, 0) is 0 Å². The highest BCUT2D eigenvalue weighted by atomic mass is 16.5. The van der Waals surface area contributed by atoms with Crippen molar-refractivity contribution in [2.45, 2.75) is 12.8 Å². The number of H-pyrrole nitrogens is 1. The Bertz CT molecular complexity index is 986. The summed E-state index contributed by atoms with van der Waals surface area (Å²) in [5, 5.41) is 3.79. The number of hydrogen-bond donors (Lipinski definition) is 2. The molecular weight excluding hydrogens is 342 g/mol. The van der Waals surface area contributed by atoms with Gasteiger partial charge in [0.05, 0.1) is 7.11 Å². The minimum Gasteiger partial charge on any atom is -0.497 e. The molecule has 2 heterocycles. The van der Waals surface area contributed by atoms with Crippen molar-refractivity contribution in [3.05, 3.63) is 59.8 Å². The van der Waals surface area contributed by atoms with E-state index in [1.165, 1.54) is 0 Å². The van der Waals surface area contributed by atoms with Gasteiger partial charge in [-0.15, -0.1) is 0 Å². The van der Waals surface area contributed by atoms with Crippen LogP contribution in [0.4, 0.5) is 5.69 Å². The molecule has 138 valence electrons. The molecule has 0 unspecified atom stereocenters. The Morgan fingerprint density at radius 3 is 2.48 bits per heavy atom. The van der Waals surface area contributed by atoms with Crippen molar-refractivity contribution in [3.8, 4) is 5.75 Å². The fourth-order valence-electron chi connectivity index (χ4n) is 3.35. The maximum absolute atomic E-state index is 12.5. The standard InChI is InChI=1S/C21H21N3O3/c1-27-17-9-6-15-12-19(23-18(15)13-17)20(25)22-16-7-4-14(5-8-16)21(26)24-10-2-3-11-24/h4-9,12-13,23H,2-3,10-11H2,1H3,(H,22,25). The largest absolute Gasteiger partial charge is 0.497 e. The van der Waals surface area contributed by atoms with Gasteiger partial charge in [0.1, 0.15) is 11.4 Å². The Morgan fingerprint density at radius 1 is 1.04 bits per heavy atom. The van der Waals surface area contributed by atoms with Gasteiger partial charge in [0.25, 0.3) is 11.8 Å². The van der Waals surface area contributed by atoms with E-state index < -0.39 is 0 Å². The second-order valence-electron chi connectivity index (χ2n) is 6.67. The lowest BCUT2D eigenvalue weighted by molar-refractivity contribution is 0.0792. The first-order chi connectivity index (χ1) is 13.1. The molecule has 1 saturated heterocycles. The highest BCUT2D eigenvalue weighted by Gasteiger charge is 2.19. The third-order valence-electron chi connectivity index (χ3n) is 4.86. The number of nitrogens with one attached hydrogen (secondary N) is 2. The molecule has 4 rings (SSSR count). The first-order valence-corrected chi connectivity index (χ1v) is 9.01. The molecule has 1 fully saturated rings. The molecular formula is C21H21N3O3. The number of methoxy groups -OCH3 is 1. The number of hydrogen-bond acceptors (Lipinski definition) is 3. The van der Waals surface area contributed by atoms with E-state index >= 15 is 0 Å². The van der Waals surface area contributed by atoms with Gasteiger partial charge in [0, 0.05) is 41.3 Å². The summed E-state index contributed by atoms with van der Waals surface area (Å²) in [6.45, 7) is 1.64. The molecule has 3 aromatic rings. The molecule has 0 spiro atoms. The Kier molecular flexibility index (Phi) is 4.54. The minimum atomic E-state index is -0.233. The monoisotopic (exact) mass is 363 g/mol. The second kappa shape index (κ2) is 7.15. The summed E-state index contributed by atoms with van der Waals surface area (Å²) >= 11 is 0. The van der Waals surface area contributed by atoms with Gasteiger partial charge < -0.3 is 19.9 Å². The lowest BCUT2D eigenvalue weighted by atomic mass is 10.2. The van der Waals surface area contributed by atoms with E-state index in [-0.39, 0.29) is 11.8 Å².